The summed E-state index contributed by atoms with van der Waals surface area (Å²) in [7, 11) is 0. The van der Waals surface area contributed by atoms with Crippen LogP contribution in [0.1, 0.15) is 16.2 Å². The first kappa shape index (κ1) is 17.0. The van der Waals surface area contributed by atoms with Gasteiger partial charge in [-0.1, -0.05) is 17.3 Å². The van der Waals surface area contributed by atoms with E-state index in [1.54, 1.807) is 17.0 Å². The van der Waals surface area contributed by atoms with Crippen LogP contribution in [0.5, 0.6) is 0 Å². The summed E-state index contributed by atoms with van der Waals surface area (Å²) in [6, 6.07) is 11.5. The van der Waals surface area contributed by atoms with E-state index in [4.69, 9.17) is 4.52 Å². The number of aromatic amines is 1. The van der Waals surface area contributed by atoms with Gasteiger partial charge >= 0.3 is 0 Å². The van der Waals surface area contributed by atoms with Gasteiger partial charge in [-0.3, -0.25) is 9.59 Å². The number of nitrogens with zero attached hydrogens (tertiary/aromatic N) is 4. The zero-order valence-electron chi connectivity index (χ0n) is 14.9. The van der Waals surface area contributed by atoms with E-state index >= 15 is 0 Å². The topological polar surface area (TPSA) is 95.3 Å². The Balaban J connectivity index is 1.44. The summed E-state index contributed by atoms with van der Waals surface area (Å²) >= 11 is 0. The first-order chi connectivity index (χ1) is 13.1. The third kappa shape index (κ3) is 3.46. The number of anilines is 1. The largest absolute Gasteiger partial charge is 0.368 e. The average molecular weight is 365 g/mol. The molecule has 3 heterocycles. The Labute approximate surface area is 155 Å². The summed E-state index contributed by atoms with van der Waals surface area (Å²) in [4.78, 5) is 35.1. The quantitative estimate of drug-likeness (QED) is 0.759. The minimum atomic E-state index is -0.341. The van der Waals surface area contributed by atoms with E-state index < -0.39 is 0 Å². The van der Waals surface area contributed by atoms with E-state index in [9.17, 15) is 9.59 Å². The number of carbonyl (C=O) groups is 1. The average Bonchev–Trinajstić information content (AvgIpc) is 3.18. The molecule has 1 aliphatic heterocycles. The monoisotopic (exact) mass is 365 g/mol. The molecule has 0 radical (unpaired) electrons. The fourth-order valence-corrected chi connectivity index (χ4v) is 3.14. The lowest BCUT2D eigenvalue weighted by molar-refractivity contribution is 0.0731. The smallest absolute Gasteiger partial charge is 0.295 e. The number of H-pyrrole nitrogens is 1. The van der Waals surface area contributed by atoms with Gasteiger partial charge in [-0.15, -0.1) is 0 Å². The molecule has 0 atom stereocenters. The summed E-state index contributed by atoms with van der Waals surface area (Å²) in [6.07, 6.45) is 1.52. The van der Waals surface area contributed by atoms with Crippen LogP contribution >= 0.6 is 0 Å². The van der Waals surface area contributed by atoms with Crippen molar-refractivity contribution in [1.82, 2.24) is 20.0 Å². The van der Waals surface area contributed by atoms with Crippen LogP contribution in [0.15, 0.2) is 51.9 Å². The predicted molar refractivity (Wildman–Crippen MR) is 99.7 cm³/mol. The van der Waals surface area contributed by atoms with Gasteiger partial charge in [0.25, 0.3) is 23.2 Å². The van der Waals surface area contributed by atoms with Crippen LogP contribution in [-0.4, -0.2) is 52.1 Å². The number of amides is 1. The second-order valence-electron chi connectivity index (χ2n) is 6.45. The van der Waals surface area contributed by atoms with Crippen LogP contribution in [0.2, 0.25) is 0 Å². The maximum atomic E-state index is 12.7. The SMILES string of the molecule is Cc1cccc(N2CCN(C(=O)c3noc(-c4ccc[nH]c4=O)n3)CC2)c1. The van der Waals surface area contributed by atoms with Gasteiger partial charge in [-0.05, 0) is 36.8 Å². The fraction of sp³-hybridized carbons (Fsp3) is 0.263. The second kappa shape index (κ2) is 7.06. The molecule has 0 unspecified atom stereocenters. The Hall–Kier alpha value is -3.42. The van der Waals surface area contributed by atoms with Gasteiger partial charge in [-0.2, -0.15) is 4.98 Å². The molecule has 2 aromatic heterocycles. The lowest BCUT2D eigenvalue weighted by atomic mass is 10.2. The number of aryl methyl sites for hydroxylation is 1. The van der Waals surface area contributed by atoms with Crippen molar-refractivity contribution in [1.29, 1.82) is 0 Å². The zero-order valence-corrected chi connectivity index (χ0v) is 14.9. The molecule has 8 heteroatoms. The van der Waals surface area contributed by atoms with E-state index in [1.807, 2.05) is 6.07 Å². The molecule has 0 saturated carbocycles. The molecule has 1 amide bonds. The highest BCUT2D eigenvalue weighted by Crippen LogP contribution is 2.19. The van der Waals surface area contributed by atoms with Crippen molar-refractivity contribution < 1.29 is 9.32 Å². The number of benzene rings is 1. The molecule has 1 saturated heterocycles. The molecule has 1 aliphatic rings. The Bertz CT molecular complexity index is 1020. The normalized spacial score (nSPS) is 14.4. The molecule has 1 aromatic carbocycles. The minimum absolute atomic E-state index is 0.0303. The lowest BCUT2D eigenvalue weighted by Crippen LogP contribution is -2.49. The van der Waals surface area contributed by atoms with E-state index in [-0.39, 0.29) is 28.7 Å². The van der Waals surface area contributed by atoms with Crippen molar-refractivity contribution in [2.75, 3.05) is 31.1 Å². The Morgan fingerprint density at radius 3 is 2.70 bits per heavy atom. The van der Waals surface area contributed by atoms with Crippen molar-refractivity contribution in [2.24, 2.45) is 0 Å². The van der Waals surface area contributed by atoms with Gasteiger partial charge in [0.05, 0.1) is 0 Å². The molecule has 0 spiro atoms. The minimum Gasteiger partial charge on any atom is -0.368 e. The van der Waals surface area contributed by atoms with E-state index in [0.717, 1.165) is 18.8 Å². The van der Waals surface area contributed by atoms with Gasteiger partial charge in [0, 0.05) is 38.1 Å². The molecule has 1 N–H and O–H groups in total. The molecule has 27 heavy (non-hydrogen) atoms. The number of rotatable bonds is 3. The molecule has 8 nitrogen and oxygen atoms in total. The number of nitrogens with one attached hydrogen (secondary N) is 1. The Morgan fingerprint density at radius 2 is 1.96 bits per heavy atom. The van der Waals surface area contributed by atoms with E-state index in [1.165, 1.54) is 11.8 Å². The van der Waals surface area contributed by atoms with Crippen LogP contribution in [-0.2, 0) is 0 Å². The molecule has 1 fully saturated rings. The van der Waals surface area contributed by atoms with Crippen LogP contribution in [0, 0.1) is 6.92 Å². The summed E-state index contributed by atoms with van der Waals surface area (Å²) in [5.41, 5.74) is 2.27. The highest BCUT2D eigenvalue weighted by Gasteiger charge is 2.26. The summed E-state index contributed by atoms with van der Waals surface area (Å²) in [5, 5.41) is 3.75. The molecule has 0 bridgehead atoms. The number of aromatic nitrogens is 3. The van der Waals surface area contributed by atoms with Gasteiger partial charge < -0.3 is 19.3 Å². The number of hydrogen-bond acceptors (Lipinski definition) is 6. The molecular weight excluding hydrogens is 346 g/mol. The van der Waals surface area contributed by atoms with Crippen LogP contribution in [0.25, 0.3) is 11.5 Å². The van der Waals surface area contributed by atoms with Crippen LogP contribution in [0.4, 0.5) is 5.69 Å². The maximum Gasteiger partial charge on any atom is 0.295 e. The zero-order chi connectivity index (χ0) is 18.8. The van der Waals surface area contributed by atoms with Gasteiger partial charge in [-0.25, -0.2) is 0 Å². The predicted octanol–water partition coefficient (Wildman–Crippen LogP) is 1.70. The van der Waals surface area contributed by atoms with Gasteiger partial charge in [0.1, 0.15) is 5.56 Å². The molecule has 138 valence electrons. The first-order valence-electron chi connectivity index (χ1n) is 8.74. The summed E-state index contributed by atoms with van der Waals surface area (Å²) in [5.74, 6) is -0.280. The van der Waals surface area contributed by atoms with Crippen LogP contribution in [0.3, 0.4) is 0 Å². The van der Waals surface area contributed by atoms with Gasteiger partial charge in [0.2, 0.25) is 0 Å². The van der Waals surface area contributed by atoms with Crippen molar-refractivity contribution in [3.63, 3.8) is 0 Å². The van der Waals surface area contributed by atoms with Crippen molar-refractivity contribution in [2.45, 2.75) is 6.92 Å². The third-order valence-corrected chi connectivity index (χ3v) is 4.60. The number of hydrogen-bond donors (Lipinski definition) is 1. The molecular formula is C19H19N5O3. The Kier molecular flexibility index (Phi) is 4.45. The Morgan fingerprint density at radius 1 is 1.15 bits per heavy atom. The highest BCUT2D eigenvalue weighted by atomic mass is 16.5. The lowest BCUT2D eigenvalue weighted by Gasteiger charge is -2.35. The summed E-state index contributed by atoms with van der Waals surface area (Å²) in [6.45, 7) is 4.68. The van der Waals surface area contributed by atoms with Crippen LogP contribution < -0.4 is 10.5 Å². The van der Waals surface area contributed by atoms with Crippen molar-refractivity contribution in [3.05, 3.63) is 64.3 Å². The standard InChI is InChI=1S/C19H19N5O3/c1-13-4-2-5-14(12-13)23-8-10-24(11-9-23)19(26)16-21-18(27-22-16)15-6-3-7-20-17(15)25/h2-7,12H,8-11H2,1H3,(H,20,25). The number of carbonyl (C=O) groups excluding carboxylic acids is 1. The maximum absolute atomic E-state index is 12.7. The van der Waals surface area contributed by atoms with Gasteiger partial charge in [0.15, 0.2) is 0 Å². The third-order valence-electron chi connectivity index (χ3n) is 4.60. The van der Waals surface area contributed by atoms with E-state index in [0.29, 0.717) is 13.1 Å². The van der Waals surface area contributed by atoms with Crippen molar-refractivity contribution in [3.8, 4) is 11.5 Å². The number of piperazine rings is 1. The molecule has 0 aliphatic carbocycles. The summed E-state index contributed by atoms with van der Waals surface area (Å²) < 4.78 is 5.11. The first-order valence-corrected chi connectivity index (χ1v) is 8.74. The molecule has 3 aromatic rings. The van der Waals surface area contributed by atoms with Crippen molar-refractivity contribution >= 4 is 11.6 Å². The second-order valence-corrected chi connectivity index (χ2v) is 6.45. The number of pyridine rings is 1. The highest BCUT2D eigenvalue weighted by molar-refractivity contribution is 5.90. The molecule has 4 rings (SSSR count). The fourth-order valence-electron chi connectivity index (χ4n) is 3.14. The van der Waals surface area contributed by atoms with E-state index in [2.05, 4.69) is 45.1 Å².